The second-order valence-corrected chi connectivity index (χ2v) is 3.76. The lowest BCUT2D eigenvalue weighted by molar-refractivity contribution is 0.294. The molecule has 2 rings (SSSR count). The summed E-state index contributed by atoms with van der Waals surface area (Å²) in [5.41, 5.74) is 0.929. The third-order valence-corrected chi connectivity index (χ3v) is 2.56. The van der Waals surface area contributed by atoms with Crippen LogP contribution in [0.15, 0.2) is 36.5 Å². The van der Waals surface area contributed by atoms with E-state index in [-0.39, 0.29) is 0 Å². The second-order valence-electron chi connectivity index (χ2n) is 3.35. The van der Waals surface area contributed by atoms with E-state index in [1.165, 1.54) is 0 Å². The highest BCUT2D eigenvalue weighted by molar-refractivity contribution is 6.31. The van der Waals surface area contributed by atoms with E-state index in [1.54, 1.807) is 19.3 Å². The highest BCUT2D eigenvalue weighted by Crippen LogP contribution is 2.17. The molecule has 17 heavy (non-hydrogen) atoms. The topological polar surface area (TPSA) is 47.0 Å². The first-order valence-corrected chi connectivity index (χ1v) is 5.54. The molecule has 0 spiro atoms. The first kappa shape index (κ1) is 11.7. The summed E-state index contributed by atoms with van der Waals surface area (Å²) in [4.78, 5) is 8.15. The van der Waals surface area contributed by atoms with Crippen LogP contribution in [0.2, 0.25) is 5.02 Å². The molecule has 0 bridgehead atoms. The third-order valence-electron chi connectivity index (χ3n) is 2.19. The quantitative estimate of drug-likeness (QED) is 0.905. The van der Waals surface area contributed by atoms with Gasteiger partial charge in [-0.3, -0.25) is 0 Å². The largest absolute Gasteiger partial charge is 0.473 e. The average molecular weight is 250 g/mol. The van der Waals surface area contributed by atoms with Gasteiger partial charge in [0.05, 0.1) is 0 Å². The predicted octanol–water partition coefficient (Wildman–Crippen LogP) is 2.75. The van der Waals surface area contributed by atoms with Crippen LogP contribution in [0.3, 0.4) is 0 Å². The highest BCUT2D eigenvalue weighted by Gasteiger charge is 2.02. The number of ether oxygens (including phenoxy) is 1. The van der Waals surface area contributed by atoms with Crippen LogP contribution in [-0.2, 0) is 6.61 Å². The number of hydrogen-bond donors (Lipinski definition) is 1. The maximum atomic E-state index is 6.02. The molecule has 2 aromatic rings. The number of nitrogens with zero attached hydrogens (tertiary/aromatic N) is 2. The van der Waals surface area contributed by atoms with E-state index in [0.29, 0.717) is 23.5 Å². The molecule has 0 amide bonds. The number of hydrogen-bond acceptors (Lipinski definition) is 4. The third kappa shape index (κ3) is 3.07. The van der Waals surface area contributed by atoms with Crippen molar-refractivity contribution in [2.45, 2.75) is 6.61 Å². The fraction of sp³-hybridized carbons (Fsp3) is 0.167. The van der Waals surface area contributed by atoms with E-state index in [1.807, 2.05) is 24.3 Å². The highest BCUT2D eigenvalue weighted by atomic mass is 35.5. The van der Waals surface area contributed by atoms with E-state index < -0.39 is 0 Å². The van der Waals surface area contributed by atoms with Crippen molar-refractivity contribution in [3.05, 3.63) is 47.1 Å². The Bertz CT molecular complexity index is 505. The molecule has 1 heterocycles. The molecule has 0 radical (unpaired) electrons. The normalized spacial score (nSPS) is 10.0. The van der Waals surface area contributed by atoms with Crippen molar-refractivity contribution in [2.24, 2.45) is 0 Å². The maximum absolute atomic E-state index is 6.02. The summed E-state index contributed by atoms with van der Waals surface area (Å²) >= 11 is 6.02. The van der Waals surface area contributed by atoms with Crippen molar-refractivity contribution >= 4 is 17.5 Å². The van der Waals surface area contributed by atoms with E-state index in [9.17, 15) is 0 Å². The number of benzene rings is 1. The van der Waals surface area contributed by atoms with E-state index in [2.05, 4.69) is 15.3 Å². The van der Waals surface area contributed by atoms with Crippen molar-refractivity contribution in [1.82, 2.24) is 9.97 Å². The van der Waals surface area contributed by atoms with Gasteiger partial charge in [-0.1, -0.05) is 29.8 Å². The number of anilines is 1. The van der Waals surface area contributed by atoms with Crippen LogP contribution < -0.4 is 10.1 Å². The minimum atomic E-state index is 0.389. The van der Waals surface area contributed by atoms with E-state index in [0.717, 1.165) is 5.56 Å². The van der Waals surface area contributed by atoms with Gasteiger partial charge in [-0.2, -0.15) is 4.98 Å². The van der Waals surface area contributed by atoms with Crippen molar-refractivity contribution in [3.8, 4) is 5.88 Å². The van der Waals surface area contributed by atoms with Gasteiger partial charge in [-0.15, -0.1) is 0 Å². The van der Waals surface area contributed by atoms with Gasteiger partial charge in [0.15, 0.2) is 0 Å². The molecule has 88 valence electrons. The van der Waals surface area contributed by atoms with Crippen molar-refractivity contribution < 1.29 is 4.74 Å². The molecule has 1 aromatic heterocycles. The Morgan fingerprint density at radius 1 is 1.29 bits per heavy atom. The van der Waals surface area contributed by atoms with Crippen molar-refractivity contribution in [2.75, 3.05) is 12.4 Å². The molecule has 5 heteroatoms. The summed E-state index contributed by atoms with van der Waals surface area (Å²) in [6, 6.07) is 9.26. The van der Waals surface area contributed by atoms with E-state index in [4.69, 9.17) is 16.3 Å². The SMILES string of the molecule is CNc1nccc(OCc2ccccc2Cl)n1. The van der Waals surface area contributed by atoms with Crippen LogP contribution in [0, 0.1) is 0 Å². The molecule has 4 nitrogen and oxygen atoms in total. The van der Waals surface area contributed by atoms with E-state index >= 15 is 0 Å². The molecule has 0 unspecified atom stereocenters. The zero-order chi connectivity index (χ0) is 12.1. The second kappa shape index (κ2) is 5.50. The van der Waals surface area contributed by atoms with Gasteiger partial charge in [0.2, 0.25) is 11.8 Å². The van der Waals surface area contributed by atoms with Crippen molar-refractivity contribution in [3.63, 3.8) is 0 Å². The first-order chi connectivity index (χ1) is 8.29. The molecule has 1 N–H and O–H groups in total. The monoisotopic (exact) mass is 249 g/mol. The molecule has 0 fully saturated rings. The fourth-order valence-corrected chi connectivity index (χ4v) is 1.50. The summed E-state index contributed by atoms with van der Waals surface area (Å²) in [6.07, 6.45) is 1.64. The molecule has 0 aliphatic heterocycles. The maximum Gasteiger partial charge on any atom is 0.225 e. The van der Waals surface area contributed by atoms with Gasteiger partial charge in [0, 0.05) is 29.9 Å². The van der Waals surface area contributed by atoms with Gasteiger partial charge in [0.1, 0.15) is 6.61 Å². The lowest BCUT2D eigenvalue weighted by Gasteiger charge is -2.07. The van der Waals surface area contributed by atoms with Gasteiger partial charge in [-0.25, -0.2) is 4.98 Å². The molecular weight excluding hydrogens is 238 g/mol. The smallest absolute Gasteiger partial charge is 0.225 e. The van der Waals surface area contributed by atoms with Crippen LogP contribution in [0.25, 0.3) is 0 Å². The van der Waals surface area contributed by atoms with Gasteiger partial charge < -0.3 is 10.1 Å². The Hall–Kier alpha value is -1.81. The van der Waals surface area contributed by atoms with Crippen LogP contribution in [0.5, 0.6) is 5.88 Å². The minimum absolute atomic E-state index is 0.389. The number of aromatic nitrogens is 2. The number of halogens is 1. The molecule has 0 aliphatic carbocycles. The Morgan fingerprint density at radius 2 is 2.12 bits per heavy atom. The lowest BCUT2D eigenvalue weighted by Crippen LogP contribution is -2.01. The molecule has 0 atom stereocenters. The van der Waals surface area contributed by atoms with Gasteiger partial charge in [-0.05, 0) is 6.07 Å². The Labute approximate surface area is 105 Å². The standard InChI is InChI=1S/C12H12ClN3O/c1-14-12-15-7-6-11(16-12)17-8-9-4-2-3-5-10(9)13/h2-7H,8H2,1H3,(H,14,15,16). The molecule has 1 aromatic carbocycles. The van der Waals surface area contributed by atoms with Crippen LogP contribution in [-0.4, -0.2) is 17.0 Å². The van der Waals surface area contributed by atoms with Crippen LogP contribution in [0.4, 0.5) is 5.95 Å². The Morgan fingerprint density at radius 3 is 2.88 bits per heavy atom. The predicted molar refractivity (Wildman–Crippen MR) is 67.4 cm³/mol. The summed E-state index contributed by atoms with van der Waals surface area (Å²) in [5, 5.41) is 3.54. The minimum Gasteiger partial charge on any atom is -0.473 e. The molecule has 0 saturated heterocycles. The molecule has 0 saturated carbocycles. The summed E-state index contributed by atoms with van der Waals surface area (Å²) in [7, 11) is 1.76. The first-order valence-electron chi connectivity index (χ1n) is 5.16. The van der Waals surface area contributed by atoms with Crippen molar-refractivity contribution in [1.29, 1.82) is 0 Å². The fourth-order valence-electron chi connectivity index (χ4n) is 1.31. The molecular formula is C12H12ClN3O. The Kier molecular flexibility index (Phi) is 3.77. The summed E-state index contributed by atoms with van der Waals surface area (Å²) < 4.78 is 5.54. The summed E-state index contributed by atoms with van der Waals surface area (Å²) in [5.74, 6) is 1.05. The lowest BCUT2D eigenvalue weighted by atomic mass is 10.2. The zero-order valence-electron chi connectivity index (χ0n) is 9.35. The summed E-state index contributed by atoms with van der Waals surface area (Å²) in [6.45, 7) is 0.389. The number of rotatable bonds is 4. The average Bonchev–Trinajstić information content (AvgIpc) is 2.38. The zero-order valence-corrected chi connectivity index (χ0v) is 10.1. The van der Waals surface area contributed by atoms with Gasteiger partial charge >= 0.3 is 0 Å². The van der Waals surface area contributed by atoms with Gasteiger partial charge in [0.25, 0.3) is 0 Å². The van der Waals surface area contributed by atoms with Crippen LogP contribution >= 0.6 is 11.6 Å². The molecule has 0 aliphatic rings. The van der Waals surface area contributed by atoms with Crippen LogP contribution in [0.1, 0.15) is 5.56 Å². The Balaban J connectivity index is 2.05. The number of nitrogens with one attached hydrogen (secondary N) is 1.